The van der Waals surface area contributed by atoms with Crippen molar-refractivity contribution in [2.24, 2.45) is 4.99 Å². The number of aromatic nitrogens is 1. The molecule has 2 aromatic carbocycles. The molecule has 15 heteroatoms. The van der Waals surface area contributed by atoms with Crippen LogP contribution < -0.4 is 4.80 Å². The number of non-ortho nitro benzene ring substituents is 3. The van der Waals surface area contributed by atoms with Crippen LogP contribution in [0.4, 0.5) is 17.1 Å². The number of nitro benzene ring substituents is 3. The molecular weight excluding hydrogens is 450 g/mol. The zero-order chi connectivity index (χ0) is 23.6. The van der Waals surface area contributed by atoms with Gasteiger partial charge in [0.2, 0.25) is 0 Å². The molecule has 0 bridgehead atoms. The van der Waals surface area contributed by atoms with Gasteiger partial charge < -0.3 is 9.30 Å². The number of esters is 1. The van der Waals surface area contributed by atoms with Crippen molar-refractivity contribution in [3.05, 3.63) is 77.1 Å². The fraction of sp³-hybridized carbons (Fsp3) is 0.118. The molecule has 0 saturated heterocycles. The Balaban J connectivity index is 2.21. The zero-order valence-corrected chi connectivity index (χ0v) is 16.8. The topological polar surface area (TPSA) is 190 Å². The highest BCUT2D eigenvalue weighted by molar-refractivity contribution is 7.16. The third kappa shape index (κ3) is 4.46. The summed E-state index contributed by atoms with van der Waals surface area (Å²) in [6.45, 7) is -0.432. The number of hydrogen-bond donors (Lipinski definition) is 0. The van der Waals surface area contributed by atoms with Gasteiger partial charge in [-0.25, -0.2) is 0 Å². The van der Waals surface area contributed by atoms with Crippen molar-refractivity contribution in [3.63, 3.8) is 0 Å². The standard InChI is InChI=1S/C17H11N5O9S/c1-31-15(23)8-19-13-7-10(20(25)26)2-3-14(13)32-17(19)18-16(24)9-4-11(21(27)28)6-12(5-9)22(29)30/h2-7H,8H2,1H3. The summed E-state index contributed by atoms with van der Waals surface area (Å²) in [7, 11) is 1.13. The number of methoxy groups -OCH3 is 1. The molecular formula is C17H11N5O9S. The summed E-state index contributed by atoms with van der Waals surface area (Å²) in [6, 6.07) is 6.21. The van der Waals surface area contributed by atoms with Gasteiger partial charge in [-0.15, -0.1) is 0 Å². The second-order valence-electron chi connectivity index (χ2n) is 6.13. The van der Waals surface area contributed by atoms with E-state index in [-0.39, 0.29) is 16.0 Å². The first-order valence-corrected chi connectivity index (χ1v) is 9.30. The van der Waals surface area contributed by atoms with Gasteiger partial charge in [-0.2, -0.15) is 4.99 Å². The van der Waals surface area contributed by atoms with Gasteiger partial charge in [0.1, 0.15) is 6.54 Å². The minimum Gasteiger partial charge on any atom is -0.468 e. The summed E-state index contributed by atoms with van der Waals surface area (Å²) >= 11 is 0.918. The predicted molar refractivity (Wildman–Crippen MR) is 108 cm³/mol. The van der Waals surface area contributed by atoms with E-state index in [9.17, 15) is 39.9 Å². The first-order chi connectivity index (χ1) is 15.1. The monoisotopic (exact) mass is 461 g/mol. The summed E-state index contributed by atoms with van der Waals surface area (Å²) in [5, 5.41) is 33.2. The largest absolute Gasteiger partial charge is 0.468 e. The highest BCUT2D eigenvalue weighted by Crippen LogP contribution is 2.25. The molecule has 0 aliphatic heterocycles. The summed E-state index contributed by atoms with van der Waals surface area (Å²) in [5.41, 5.74) is -1.80. The number of benzene rings is 2. The van der Waals surface area contributed by atoms with Gasteiger partial charge in [0.25, 0.3) is 23.0 Å². The van der Waals surface area contributed by atoms with Crippen molar-refractivity contribution in [2.45, 2.75) is 6.54 Å². The number of nitro groups is 3. The van der Waals surface area contributed by atoms with Gasteiger partial charge in [0.15, 0.2) is 4.80 Å². The summed E-state index contributed by atoms with van der Waals surface area (Å²) < 4.78 is 6.28. The van der Waals surface area contributed by atoms with Gasteiger partial charge in [0.05, 0.1) is 43.7 Å². The van der Waals surface area contributed by atoms with Crippen molar-refractivity contribution < 1.29 is 29.1 Å². The number of fused-ring (bicyclic) bond motifs is 1. The maximum atomic E-state index is 12.7. The molecule has 32 heavy (non-hydrogen) atoms. The van der Waals surface area contributed by atoms with Gasteiger partial charge in [-0.05, 0) is 6.07 Å². The minimum atomic E-state index is -1.04. The van der Waals surface area contributed by atoms with Crippen molar-refractivity contribution >= 4 is 50.5 Å². The zero-order valence-electron chi connectivity index (χ0n) is 16.0. The molecule has 14 nitrogen and oxygen atoms in total. The van der Waals surface area contributed by atoms with Crippen LogP contribution in [0.1, 0.15) is 10.4 Å². The number of nitrogens with zero attached hydrogens (tertiary/aromatic N) is 5. The average Bonchev–Trinajstić information content (AvgIpc) is 3.09. The van der Waals surface area contributed by atoms with Gasteiger partial charge in [-0.3, -0.25) is 39.9 Å². The highest BCUT2D eigenvalue weighted by Gasteiger charge is 2.21. The third-order valence-corrected chi connectivity index (χ3v) is 5.22. The Morgan fingerprint density at radius 3 is 2.09 bits per heavy atom. The minimum absolute atomic E-state index is 0.0648. The van der Waals surface area contributed by atoms with Crippen LogP contribution in [-0.2, 0) is 16.1 Å². The molecule has 0 N–H and O–H groups in total. The Hall–Kier alpha value is -4.53. The third-order valence-electron chi connectivity index (χ3n) is 4.16. The van der Waals surface area contributed by atoms with Gasteiger partial charge in [-0.1, -0.05) is 11.3 Å². The van der Waals surface area contributed by atoms with E-state index < -0.39 is 50.1 Å². The van der Waals surface area contributed by atoms with Crippen LogP contribution in [0.15, 0.2) is 41.4 Å². The second kappa shape index (κ2) is 8.68. The van der Waals surface area contributed by atoms with Gasteiger partial charge in [0, 0.05) is 24.3 Å². The molecule has 3 rings (SSSR count). The lowest BCUT2D eigenvalue weighted by Gasteiger charge is -2.03. The smallest absolute Gasteiger partial charge is 0.325 e. The first-order valence-electron chi connectivity index (χ1n) is 8.48. The van der Waals surface area contributed by atoms with Crippen LogP contribution in [0, 0.1) is 30.3 Å². The average molecular weight is 461 g/mol. The molecule has 0 unspecified atom stereocenters. The van der Waals surface area contributed by atoms with E-state index in [4.69, 9.17) is 0 Å². The lowest BCUT2D eigenvalue weighted by atomic mass is 10.1. The number of amides is 1. The van der Waals surface area contributed by atoms with Crippen LogP contribution in [0.5, 0.6) is 0 Å². The van der Waals surface area contributed by atoms with Crippen molar-refractivity contribution in [1.29, 1.82) is 0 Å². The summed E-state index contributed by atoms with van der Waals surface area (Å²) in [5.74, 6) is -1.77. The first kappa shape index (κ1) is 22.2. The number of carbonyl (C=O) groups excluding carboxylic acids is 2. The fourth-order valence-electron chi connectivity index (χ4n) is 2.68. The SMILES string of the molecule is COC(=O)Cn1c(=NC(=O)c2cc([N+](=O)[O-])cc([N+](=O)[O-])c2)sc2ccc([N+](=O)[O-])cc21. The number of ether oxygens (including phenoxy) is 1. The Bertz CT molecular complexity index is 1340. The summed E-state index contributed by atoms with van der Waals surface area (Å²) in [4.78, 5) is 59.1. The fourth-order valence-corrected chi connectivity index (χ4v) is 3.69. The summed E-state index contributed by atoms with van der Waals surface area (Å²) in [6.07, 6.45) is 0. The van der Waals surface area contributed by atoms with Crippen LogP contribution in [0.2, 0.25) is 0 Å². The normalized spacial score (nSPS) is 11.3. The Morgan fingerprint density at radius 1 is 0.969 bits per heavy atom. The van der Waals surface area contributed by atoms with E-state index >= 15 is 0 Å². The Kier molecular flexibility index (Phi) is 6.01. The highest BCUT2D eigenvalue weighted by atomic mass is 32.1. The molecule has 0 aliphatic carbocycles. The van der Waals surface area contributed by atoms with Gasteiger partial charge >= 0.3 is 5.97 Å². The molecule has 1 heterocycles. The van der Waals surface area contributed by atoms with Crippen LogP contribution >= 0.6 is 11.3 Å². The van der Waals surface area contributed by atoms with Crippen LogP contribution in [0.25, 0.3) is 10.2 Å². The molecule has 0 radical (unpaired) electrons. The van der Waals surface area contributed by atoms with E-state index in [1.165, 1.54) is 22.8 Å². The van der Waals surface area contributed by atoms with E-state index in [1.54, 1.807) is 0 Å². The molecule has 0 spiro atoms. The predicted octanol–water partition coefficient (Wildman–Crippen LogP) is 2.34. The molecule has 164 valence electrons. The number of rotatable bonds is 6. The van der Waals surface area contributed by atoms with Crippen LogP contribution in [0.3, 0.4) is 0 Å². The Labute approximate surface area is 180 Å². The lowest BCUT2D eigenvalue weighted by molar-refractivity contribution is -0.394. The Morgan fingerprint density at radius 2 is 1.56 bits per heavy atom. The maximum Gasteiger partial charge on any atom is 0.325 e. The maximum absolute atomic E-state index is 12.7. The number of carbonyl (C=O) groups is 2. The molecule has 1 amide bonds. The van der Waals surface area contributed by atoms with Crippen molar-refractivity contribution in [1.82, 2.24) is 4.57 Å². The van der Waals surface area contributed by atoms with E-state index in [0.717, 1.165) is 30.6 Å². The molecule has 0 aliphatic rings. The molecule has 0 atom stereocenters. The van der Waals surface area contributed by atoms with Crippen molar-refractivity contribution in [3.8, 4) is 0 Å². The number of thiazole rings is 1. The van der Waals surface area contributed by atoms with E-state index in [1.807, 2.05) is 0 Å². The van der Waals surface area contributed by atoms with Crippen LogP contribution in [-0.4, -0.2) is 38.3 Å². The van der Waals surface area contributed by atoms with Crippen molar-refractivity contribution in [2.75, 3.05) is 7.11 Å². The second-order valence-corrected chi connectivity index (χ2v) is 7.13. The molecule has 0 saturated carbocycles. The van der Waals surface area contributed by atoms with E-state index in [0.29, 0.717) is 10.8 Å². The number of hydrogen-bond acceptors (Lipinski definition) is 10. The van der Waals surface area contributed by atoms with E-state index in [2.05, 4.69) is 9.73 Å². The molecule has 0 fully saturated rings. The quantitative estimate of drug-likeness (QED) is 0.301. The lowest BCUT2D eigenvalue weighted by Crippen LogP contribution is -2.22. The molecule has 3 aromatic rings. The molecule has 1 aromatic heterocycles.